The van der Waals surface area contributed by atoms with E-state index in [4.69, 9.17) is 4.98 Å². The van der Waals surface area contributed by atoms with Crippen LogP contribution in [0.2, 0.25) is 0 Å². The van der Waals surface area contributed by atoms with Crippen LogP contribution in [0.15, 0.2) is 45.7 Å². The molecule has 1 fully saturated rings. The van der Waals surface area contributed by atoms with Crippen molar-refractivity contribution in [3.8, 4) is 11.1 Å². The van der Waals surface area contributed by atoms with E-state index in [1.165, 1.54) is 23.1 Å². The Kier molecular flexibility index (Phi) is 4.82. The Labute approximate surface area is 159 Å². The molecule has 1 aromatic carbocycles. The zero-order valence-electron chi connectivity index (χ0n) is 14.4. The van der Waals surface area contributed by atoms with E-state index in [1.807, 2.05) is 35.7 Å². The van der Waals surface area contributed by atoms with Crippen molar-refractivity contribution in [2.75, 3.05) is 6.54 Å². The van der Waals surface area contributed by atoms with Crippen molar-refractivity contribution in [3.63, 3.8) is 0 Å². The van der Waals surface area contributed by atoms with Gasteiger partial charge in [0, 0.05) is 24.5 Å². The minimum atomic E-state index is -0.193. The molecule has 2 aromatic heterocycles. The number of thiophene rings is 1. The molecule has 0 spiro atoms. The lowest BCUT2D eigenvalue weighted by Crippen LogP contribution is -2.31. The van der Waals surface area contributed by atoms with E-state index >= 15 is 0 Å². The molecule has 4 rings (SSSR count). The highest BCUT2D eigenvalue weighted by Gasteiger charge is 2.24. The van der Waals surface area contributed by atoms with Gasteiger partial charge in [0.05, 0.1) is 10.6 Å². The summed E-state index contributed by atoms with van der Waals surface area (Å²) in [5.74, 6) is 0.0398. The molecule has 0 bridgehead atoms. The van der Waals surface area contributed by atoms with E-state index in [0.717, 1.165) is 41.8 Å². The molecular weight excluding hydrogens is 366 g/mol. The highest BCUT2D eigenvalue weighted by molar-refractivity contribution is 8.00. The molecule has 0 aliphatic carbocycles. The molecule has 3 aromatic rings. The first-order valence-corrected chi connectivity index (χ1v) is 10.4. The van der Waals surface area contributed by atoms with E-state index in [2.05, 4.69) is 5.32 Å². The first-order valence-electron chi connectivity index (χ1n) is 8.63. The highest BCUT2D eigenvalue weighted by Crippen LogP contribution is 2.33. The zero-order valence-corrected chi connectivity index (χ0v) is 16.0. The van der Waals surface area contributed by atoms with E-state index in [-0.39, 0.29) is 16.7 Å². The molecule has 1 saturated heterocycles. The van der Waals surface area contributed by atoms with Crippen molar-refractivity contribution >= 4 is 39.2 Å². The van der Waals surface area contributed by atoms with Crippen molar-refractivity contribution in [3.05, 3.63) is 46.1 Å². The maximum atomic E-state index is 13.0. The van der Waals surface area contributed by atoms with Gasteiger partial charge in [0.15, 0.2) is 5.16 Å². The van der Waals surface area contributed by atoms with Gasteiger partial charge in [-0.1, -0.05) is 48.5 Å². The summed E-state index contributed by atoms with van der Waals surface area (Å²) < 4.78 is 1.57. The van der Waals surface area contributed by atoms with Crippen LogP contribution in [0.5, 0.6) is 0 Å². The molecule has 0 saturated carbocycles. The topological polar surface area (TPSA) is 64.0 Å². The van der Waals surface area contributed by atoms with Crippen LogP contribution in [0.3, 0.4) is 0 Å². The van der Waals surface area contributed by atoms with Crippen molar-refractivity contribution < 1.29 is 4.79 Å². The van der Waals surface area contributed by atoms with Gasteiger partial charge in [0.25, 0.3) is 5.56 Å². The van der Waals surface area contributed by atoms with Crippen molar-refractivity contribution in [1.29, 1.82) is 0 Å². The van der Waals surface area contributed by atoms with Crippen LogP contribution in [-0.4, -0.2) is 27.3 Å². The third kappa shape index (κ3) is 3.17. The molecule has 1 aliphatic heterocycles. The number of carbonyl (C=O) groups excluding carboxylic acids is 1. The van der Waals surface area contributed by atoms with Gasteiger partial charge in [0.1, 0.15) is 4.83 Å². The lowest BCUT2D eigenvalue weighted by molar-refractivity contribution is -0.120. The number of fused-ring (bicyclic) bond motifs is 1. The Morgan fingerprint density at radius 3 is 2.85 bits per heavy atom. The number of thioether (sulfide) groups is 1. The number of benzene rings is 1. The van der Waals surface area contributed by atoms with Crippen molar-refractivity contribution in [2.24, 2.45) is 7.05 Å². The molecule has 1 atom stereocenters. The number of hydrogen-bond acceptors (Lipinski definition) is 5. The molecule has 0 radical (unpaired) electrons. The number of rotatable bonds is 3. The van der Waals surface area contributed by atoms with Crippen LogP contribution in [0.4, 0.5) is 0 Å². The third-order valence-electron chi connectivity index (χ3n) is 4.59. The predicted molar refractivity (Wildman–Crippen MR) is 107 cm³/mol. The van der Waals surface area contributed by atoms with E-state index in [0.29, 0.717) is 10.5 Å². The molecule has 134 valence electrons. The molecule has 1 amide bonds. The lowest BCUT2D eigenvalue weighted by atomic mass is 10.1. The van der Waals surface area contributed by atoms with E-state index in [1.54, 1.807) is 11.6 Å². The highest BCUT2D eigenvalue weighted by atomic mass is 32.2. The molecule has 1 N–H and O–H groups in total. The number of amides is 1. The second-order valence-corrected chi connectivity index (χ2v) is 8.38. The van der Waals surface area contributed by atoms with Gasteiger partial charge in [0.2, 0.25) is 5.91 Å². The average molecular weight is 386 g/mol. The quantitative estimate of drug-likeness (QED) is 0.702. The van der Waals surface area contributed by atoms with Gasteiger partial charge in [-0.25, -0.2) is 4.98 Å². The normalized spacial score (nSPS) is 17.9. The van der Waals surface area contributed by atoms with Crippen LogP contribution in [0.1, 0.15) is 19.3 Å². The van der Waals surface area contributed by atoms with Crippen molar-refractivity contribution in [2.45, 2.75) is 29.7 Å². The first-order chi connectivity index (χ1) is 12.6. The molecule has 3 heterocycles. The minimum Gasteiger partial charge on any atom is -0.355 e. The fourth-order valence-corrected chi connectivity index (χ4v) is 5.25. The van der Waals surface area contributed by atoms with Crippen molar-refractivity contribution in [1.82, 2.24) is 14.9 Å². The summed E-state index contributed by atoms with van der Waals surface area (Å²) in [7, 11) is 1.73. The van der Waals surface area contributed by atoms with Gasteiger partial charge in [-0.15, -0.1) is 11.3 Å². The minimum absolute atomic E-state index is 0.0398. The SMILES string of the molecule is Cn1c(SC2CCCCNC2=O)nc2scc(-c3ccccc3)c2c1=O. The maximum absolute atomic E-state index is 13.0. The Bertz CT molecular complexity index is 1010. The summed E-state index contributed by atoms with van der Waals surface area (Å²) in [6.45, 7) is 0.729. The smallest absolute Gasteiger partial charge is 0.263 e. The monoisotopic (exact) mass is 385 g/mol. The second kappa shape index (κ2) is 7.25. The average Bonchev–Trinajstić information content (AvgIpc) is 2.98. The van der Waals surface area contributed by atoms with E-state index in [9.17, 15) is 9.59 Å². The number of hydrogen-bond donors (Lipinski definition) is 1. The maximum Gasteiger partial charge on any atom is 0.263 e. The van der Waals surface area contributed by atoms with Crippen LogP contribution < -0.4 is 10.9 Å². The number of carbonyl (C=O) groups is 1. The summed E-state index contributed by atoms with van der Waals surface area (Å²) in [5.41, 5.74) is 1.87. The fraction of sp³-hybridized carbons (Fsp3) is 0.316. The van der Waals surface area contributed by atoms with Crippen LogP contribution >= 0.6 is 23.1 Å². The molecule has 26 heavy (non-hydrogen) atoms. The molecule has 5 nitrogen and oxygen atoms in total. The van der Waals surface area contributed by atoms with Gasteiger partial charge >= 0.3 is 0 Å². The standard InChI is InChI=1S/C19H19N3O2S2/c1-22-18(24)15-13(12-7-3-2-4-8-12)11-25-17(15)21-19(22)26-14-9-5-6-10-20-16(14)23/h2-4,7-8,11,14H,5-6,9-10H2,1H3,(H,20,23). The Morgan fingerprint density at radius 1 is 1.23 bits per heavy atom. The predicted octanol–water partition coefficient (Wildman–Crippen LogP) is 3.42. The Hall–Kier alpha value is -2.12. The zero-order chi connectivity index (χ0) is 18.1. The van der Waals surface area contributed by atoms with Crippen LogP contribution in [0.25, 0.3) is 21.3 Å². The molecule has 7 heteroatoms. The Balaban J connectivity index is 1.75. The first kappa shape index (κ1) is 17.3. The third-order valence-corrected chi connectivity index (χ3v) is 6.77. The Morgan fingerprint density at radius 2 is 2.04 bits per heavy atom. The molecule has 1 unspecified atom stereocenters. The van der Waals surface area contributed by atoms with Crippen LogP contribution in [-0.2, 0) is 11.8 Å². The van der Waals surface area contributed by atoms with E-state index < -0.39 is 0 Å². The fourth-order valence-electron chi connectivity index (χ4n) is 3.14. The van der Waals surface area contributed by atoms with Gasteiger partial charge in [-0.2, -0.15) is 0 Å². The second-order valence-electron chi connectivity index (χ2n) is 6.35. The number of aromatic nitrogens is 2. The van der Waals surface area contributed by atoms with Crippen LogP contribution in [0, 0.1) is 0 Å². The number of nitrogens with zero attached hydrogens (tertiary/aromatic N) is 2. The molecular formula is C19H19N3O2S2. The van der Waals surface area contributed by atoms with Gasteiger partial charge in [-0.05, 0) is 18.4 Å². The molecule has 1 aliphatic rings. The summed E-state index contributed by atoms with van der Waals surface area (Å²) in [5, 5.41) is 5.99. The summed E-state index contributed by atoms with van der Waals surface area (Å²) in [6, 6.07) is 9.89. The summed E-state index contributed by atoms with van der Waals surface area (Å²) >= 11 is 2.87. The van der Waals surface area contributed by atoms with Gasteiger partial charge in [-0.3, -0.25) is 14.2 Å². The summed E-state index contributed by atoms with van der Waals surface area (Å²) in [6.07, 6.45) is 2.81. The van der Waals surface area contributed by atoms with Gasteiger partial charge < -0.3 is 5.32 Å². The largest absolute Gasteiger partial charge is 0.355 e. The summed E-state index contributed by atoms with van der Waals surface area (Å²) in [4.78, 5) is 30.7. The lowest BCUT2D eigenvalue weighted by Gasteiger charge is -2.14. The number of nitrogens with one attached hydrogen (secondary N) is 1.